The molecule has 0 amide bonds. The number of rotatable bonds is 6. The van der Waals surface area contributed by atoms with Gasteiger partial charge in [-0.2, -0.15) is 13.2 Å². The van der Waals surface area contributed by atoms with Crippen LogP contribution in [-0.4, -0.2) is 27.0 Å². The second-order valence-corrected chi connectivity index (χ2v) is 8.43. The van der Waals surface area contributed by atoms with Crippen molar-refractivity contribution in [2.75, 3.05) is 18.1 Å². The summed E-state index contributed by atoms with van der Waals surface area (Å²) >= 11 is 0. The van der Waals surface area contributed by atoms with Gasteiger partial charge in [0.25, 0.3) is 0 Å². The van der Waals surface area contributed by atoms with Crippen molar-refractivity contribution in [3.63, 3.8) is 0 Å². The average molecular weight is 399 g/mol. The van der Waals surface area contributed by atoms with E-state index in [4.69, 9.17) is 0 Å². The first kappa shape index (κ1) is 21.0. The van der Waals surface area contributed by atoms with E-state index < -0.39 is 21.6 Å². The van der Waals surface area contributed by atoms with E-state index in [9.17, 15) is 26.4 Å². The normalized spacial score (nSPS) is 13.3. The number of sulfone groups is 1. The van der Waals surface area contributed by atoms with E-state index in [-0.39, 0.29) is 23.1 Å². The van der Waals surface area contributed by atoms with Crippen molar-refractivity contribution in [1.29, 1.82) is 0 Å². The average Bonchev–Trinajstić information content (AvgIpc) is 2.57. The van der Waals surface area contributed by atoms with Crippen LogP contribution in [0.4, 0.5) is 18.9 Å². The first-order valence-electron chi connectivity index (χ1n) is 8.15. The maximum absolute atomic E-state index is 12.7. The van der Waals surface area contributed by atoms with Crippen LogP contribution in [0, 0.1) is 0 Å². The molecule has 0 radical (unpaired) electrons. The van der Waals surface area contributed by atoms with Crippen LogP contribution < -0.4 is 5.32 Å². The lowest BCUT2D eigenvalue weighted by atomic mass is 9.99. The molecule has 0 saturated heterocycles. The number of alkyl halides is 3. The molecule has 8 heteroatoms. The molecule has 1 N–H and O–H groups in total. The summed E-state index contributed by atoms with van der Waals surface area (Å²) in [5, 5.41) is 3.00. The Kier molecular flexibility index (Phi) is 5.99. The topological polar surface area (TPSA) is 63.2 Å². The SMILES string of the molecule is CC(=O)c1ccc(S(C)(=O)=O)c(NCC(C)c2ccc(C(F)(F)F)cc2)c1. The van der Waals surface area contributed by atoms with Crippen LogP contribution in [0.25, 0.3) is 0 Å². The second kappa shape index (κ2) is 7.72. The van der Waals surface area contributed by atoms with Gasteiger partial charge in [0.15, 0.2) is 15.6 Å². The highest BCUT2D eigenvalue weighted by Gasteiger charge is 2.30. The van der Waals surface area contributed by atoms with Gasteiger partial charge in [0.05, 0.1) is 16.1 Å². The molecule has 0 aliphatic carbocycles. The molecule has 0 aromatic heterocycles. The van der Waals surface area contributed by atoms with Gasteiger partial charge < -0.3 is 5.32 Å². The highest BCUT2D eigenvalue weighted by atomic mass is 32.2. The smallest absolute Gasteiger partial charge is 0.383 e. The number of benzene rings is 2. The Morgan fingerprint density at radius 3 is 2.19 bits per heavy atom. The number of Topliss-reactive ketones (excluding diaryl/α,β-unsaturated/α-hetero) is 1. The van der Waals surface area contributed by atoms with Gasteiger partial charge in [0.1, 0.15) is 0 Å². The van der Waals surface area contributed by atoms with Gasteiger partial charge in [-0.25, -0.2) is 8.42 Å². The summed E-state index contributed by atoms with van der Waals surface area (Å²) in [6.07, 6.45) is -3.32. The van der Waals surface area contributed by atoms with Crippen LogP contribution in [0.3, 0.4) is 0 Å². The molecule has 4 nitrogen and oxygen atoms in total. The summed E-state index contributed by atoms with van der Waals surface area (Å²) in [6.45, 7) is 3.48. The van der Waals surface area contributed by atoms with E-state index in [0.29, 0.717) is 16.8 Å². The van der Waals surface area contributed by atoms with Crippen molar-refractivity contribution >= 4 is 21.3 Å². The fourth-order valence-corrected chi connectivity index (χ4v) is 3.44. The van der Waals surface area contributed by atoms with Gasteiger partial charge in [-0.3, -0.25) is 4.79 Å². The molecular weight excluding hydrogens is 379 g/mol. The number of anilines is 1. The predicted molar refractivity (Wildman–Crippen MR) is 97.9 cm³/mol. The standard InChI is InChI=1S/C19H20F3NO3S/c1-12(14-4-7-16(8-5-14)19(20,21)22)11-23-17-10-15(13(2)24)6-9-18(17)27(3,25)26/h4-10,12,23H,11H2,1-3H3. The lowest BCUT2D eigenvalue weighted by molar-refractivity contribution is -0.137. The molecule has 0 saturated carbocycles. The molecule has 2 aromatic rings. The van der Waals surface area contributed by atoms with Gasteiger partial charge in [0, 0.05) is 18.4 Å². The van der Waals surface area contributed by atoms with E-state index in [2.05, 4.69) is 5.32 Å². The quantitative estimate of drug-likeness (QED) is 0.725. The Bertz CT molecular complexity index is 936. The maximum atomic E-state index is 12.7. The first-order chi connectivity index (χ1) is 12.4. The van der Waals surface area contributed by atoms with Crippen molar-refractivity contribution in [2.45, 2.75) is 30.8 Å². The Morgan fingerprint density at radius 2 is 1.70 bits per heavy atom. The van der Waals surface area contributed by atoms with Gasteiger partial charge in [0.2, 0.25) is 0 Å². The third-order valence-corrected chi connectivity index (χ3v) is 5.35. The number of carbonyl (C=O) groups is 1. The second-order valence-electron chi connectivity index (χ2n) is 6.44. The van der Waals surface area contributed by atoms with Crippen molar-refractivity contribution in [3.05, 3.63) is 59.2 Å². The third-order valence-electron chi connectivity index (χ3n) is 4.19. The minimum atomic E-state index is -4.39. The fourth-order valence-electron chi connectivity index (χ4n) is 2.59. The zero-order valence-corrected chi connectivity index (χ0v) is 15.9. The summed E-state index contributed by atoms with van der Waals surface area (Å²) in [4.78, 5) is 11.6. The zero-order valence-electron chi connectivity index (χ0n) is 15.1. The molecule has 0 spiro atoms. The Hall–Kier alpha value is -2.35. The number of hydrogen-bond acceptors (Lipinski definition) is 4. The minimum absolute atomic E-state index is 0.0621. The van der Waals surface area contributed by atoms with Gasteiger partial charge in [-0.15, -0.1) is 0 Å². The monoisotopic (exact) mass is 399 g/mol. The molecule has 0 aliphatic rings. The Labute approximate surface area is 156 Å². The molecule has 2 rings (SSSR count). The molecule has 2 aromatic carbocycles. The van der Waals surface area contributed by atoms with Crippen LogP contribution in [0.2, 0.25) is 0 Å². The van der Waals surface area contributed by atoms with Crippen molar-refractivity contribution in [1.82, 2.24) is 0 Å². The Balaban J connectivity index is 2.22. The van der Waals surface area contributed by atoms with Crippen molar-refractivity contribution in [2.24, 2.45) is 0 Å². The number of hydrogen-bond donors (Lipinski definition) is 1. The van der Waals surface area contributed by atoms with Crippen LogP contribution in [-0.2, 0) is 16.0 Å². The van der Waals surface area contributed by atoms with Crippen molar-refractivity contribution < 1.29 is 26.4 Å². The molecule has 27 heavy (non-hydrogen) atoms. The lowest BCUT2D eigenvalue weighted by Gasteiger charge is -2.17. The minimum Gasteiger partial charge on any atom is -0.383 e. The summed E-state index contributed by atoms with van der Waals surface area (Å²) in [6, 6.07) is 9.13. The summed E-state index contributed by atoms with van der Waals surface area (Å²) in [7, 11) is -3.51. The maximum Gasteiger partial charge on any atom is 0.416 e. The van der Waals surface area contributed by atoms with E-state index in [1.165, 1.54) is 37.3 Å². The highest BCUT2D eigenvalue weighted by molar-refractivity contribution is 7.90. The molecule has 0 heterocycles. The van der Waals surface area contributed by atoms with Crippen LogP contribution in [0.1, 0.15) is 41.3 Å². The number of carbonyl (C=O) groups excluding carboxylic acids is 1. The summed E-state index contributed by atoms with van der Waals surface area (Å²) in [5.41, 5.74) is 0.620. The van der Waals surface area contributed by atoms with Crippen molar-refractivity contribution in [3.8, 4) is 0 Å². The number of halogens is 3. The molecular formula is C19H20F3NO3S. The highest BCUT2D eigenvalue weighted by Crippen LogP contribution is 2.30. The van der Waals surface area contributed by atoms with Gasteiger partial charge >= 0.3 is 6.18 Å². The van der Waals surface area contributed by atoms with Gasteiger partial charge in [-0.05, 0) is 48.7 Å². The third kappa shape index (κ3) is 5.32. The van der Waals surface area contributed by atoms with E-state index in [0.717, 1.165) is 18.4 Å². The number of ketones is 1. The van der Waals surface area contributed by atoms with Crippen LogP contribution in [0.5, 0.6) is 0 Å². The van der Waals surface area contributed by atoms with Gasteiger partial charge in [-0.1, -0.05) is 19.1 Å². The molecule has 1 atom stereocenters. The summed E-state index contributed by atoms with van der Waals surface area (Å²) in [5.74, 6) is -0.380. The zero-order chi connectivity index (χ0) is 20.4. The largest absolute Gasteiger partial charge is 0.416 e. The van der Waals surface area contributed by atoms with Crippen LogP contribution in [0.15, 0.2) is 47.4 Å². The number of nitrogens with one attached hydrogen (secondary N) is 1. The van der Waals surface area contributed by atoms with E-state index >= 15 is 0 Å². The molecule has 146 valence electrons. The van der Waals surface area contributed by atoms with E-state index in [1.54, 1.807) is 0 Å². The first-order valence-corrected chi connectivity index (χ1v) is 10.0. The molecule has 0 aliphatic heterocycles. The summed E-state index contributed by atoms with van der Waals surface area (Å²) < 4.78 is 61.9. The molecule has 0 bridgehead atoms. The Morgan fingerprint density at radius 1 is 1.11 bits per heavy atom. The predicted octanol–water partition coefficient (Wildman–Crippen LogP) is 4.53. The fraction of sp³-hybridized carbons (Fsp3) is 0.316. The van der Waals surface area contributed by atoms with Crippen LogP contribution >= 0.6 is 0 Å². The molecule has 1 unspecified atom stereocenters. The lowest BCUT2D eigenvalue weighted by Crippen LogP contribution is -2.13. The van der Waals surface area contributed by atoms with E-state index in [1.807, 2.05) is 6.92 Å². The molecule has 0 fully saturated rings.